The van der Waals surface area contributed by atoms with Crippen molar-refractivity contribution in [2.24, 2.45) is 0 Å². The number of hydroxylamine groups is 2. The molecular weight excluding hydrogens is 309 g/mol. The molecule has 0 radical (unpaired) electrons. The largest absolute Gasteiger partial charge is 0.380 e. The van der Waals surface area contributed by atoms with Crippen molar-refractivity contribution in [3.05, 3.63) is 30.1 Å². The van der Waals surface area contributed by atoms with Crippen LogP contribution in [0.1, 0.15) is 32.1 Å². The second-order valence-corrected chi connectivity index (χ2v) is 6.55. The van der Waals surface area contributed by atoms with Crippen molar-refractivity contribution in [3.8, 4) is 0 Å². The van der Waals surface area contributed by atoms with E-state index in [0.29, 0.717) is 19.5 Å². The number of rotatable bonds is 5. The molecular formula is C18H26FN3O2. The number of halogens is 1. The Morgan fingerprint density at radius 1 is 1.29 bits per heavy atom. The number of anilines is 1. The van der Waals surface area contributed by atoms with Crippen molar-refractivity contribution >= 4 is 11.6 Å². The second kappa shape index (κ2) is 8.44. The third kappa shape index (κ3) is 4.92. The lowest BCUT2D eigenvalue weighted by atomic mass is 10.0. The summed E-state index contributed by atoms with van der Waals surface area (Å²) in [6.07, 6.45) is 4.70. The van der Waals surface area contributed by atoms with Crippen molar-refractivity contribution in [2.45, 2.75) is 38.1 Å². The molecule has 1 aromatic rings. The van der Waals surface area contributed by atoms with Gasteiger partial charge in [0.2, 0.25) is 5.91 Å². The van der Waals surface area contributed by atoms with Crippen molar-refractivity contribution in [3.63, 3.8) is 0 Å². The average molecular weight is 335 g/mol. The highest BCUT2D eigenvalue weighted by Gasteiger charge is 2.24. The highest BCUT2D eigenvalue weighted by molar-refractivity contribution is 5.76. The number of nitrogens with zero attached hydrogens (tertiary/aromatic N) is 2. The number of amides is 1. The van der Waals surface area contributed by atoms with Gasteiger partial charge in [-0.1, -0.05) is 6.07 Å². The van der Waals surface area contributed by atoms with E-state index in [9.17, 15) is 9.18 Å². The van der Waals surface area contributed by atoms with Crippen molar-refractivity contribution < 1.29 is 14.0 Å². The Morgan fingerprint density at radius 2 is 2.21 bits per heavy atom. The fraction of sp³-hybridized carbons (Fsp3) is 0.611. The predicted octanol–water partition coefficient (Wildman–Crippen LogP) is 2.65. The van der Waals surface area contributed by atoms with Crippen molar-refractivity contribution in [1.82, 2.24) is 9.96 Å². The maximum Gasteiger partial charge on any atom is 0.224 e. The van der Waals surface area contributed by atoms with Gasteiger partial charge in [0.05, 0.1) is 6.61 Å². The molecule has 0 bridgehead atoms. The lowest BCUT2D eigenvalue weighted by Crippen LogP contribution is -2.46. The zero-order valence-corrected chi connectivity index (χ0v) is 14.0. The molecule has 2 heterocycles. The van der Waals surface area contributed by atoms with Crippen LogP contribution >= 0.6 is 0 Å². The molecule has 0 aliphatic carbocycles. The monoisotopic (exact) mass is 335 g/mol. The van der Waals surface area contributed by atoms with Crippen LogP contribution in [0.2, 0.25) is 0 Å². The van der Waals surface area contributed by atoms with E-state index in [4.69, 9.17) is 4.84 Å². The lowest BCUT2D eigenvalue weighted by Gasteiger charge is -2.34. The maximum atomic E-state index is 13.3. The van der Waals surface area contributed by atoms with Crippen LogP contribution in [0.5, 0.6) is 0 Å². The van der Waals surface area contributed by atoms with E-state index in [0.717, 1.165) is 51.1 Å². The minimum absolute atomic E-state index is 0.176. The fourth-order valence-electron chi connectivity index (χ4n) is 3.34. The number of hydrogen-bond acceptors (Lipinski definition) is 4. The third-order valence-electron chi connectivity index (χ3n) is 4.62. The molecule has 5 nitrogen and oxygen atoms in total. The zero-order valence-electron chi connectivity index (χ0n) is 14.0. The Hall–Kier alpha value is -1.66. The van der Waals surface area contributed by atoms with Gasteiger partial charge in [-0.2, -0.15) is 5.06 Å². The molecule has 1 aromatic carbocycles. The Labute approximate surface area is 142 Å². The van der Waals surface area contributed by atoms with Crippen molar-refractivity contribution in [1.29, 1.82) is 0 Å². The summed E-state index contributed by atoms with van der Waals surface area (Å²) in [5.41, 5.74) is 0.774. The zero-order chi connectivity index (χ0) is 16.8. The van der Waals surface area contributed by atoms with Gasteiger partial charge in [-0.15, -0.1) is 0 Å². The van der Waals surface area contributed by atoms with Gasteiger partial charge in [0, 0.05) is 44.3 Å². The fourth-order valence-corrected chi connectivity index (χ4v) is 3.34. The minimum Gasteiger partial charge on any atom is -0.380 e. The second-order valence-electron chi connectivity index (χ2n) is 6.55. The third-order valence-corrected chi connectivity index (χ3v) is 4.62. The molecule has 132 valence electrons. The van der Waals surface area contributed by atoms with Gasteiger partial charge in [0.1, 0.15) is 5.82 Å². The molecule has 2 aliphatic heterocycles. The molecule has 0 unspecified atom stereocenters. The Bertz CT molecular complexity index is 549. The Kier molecular flexibility index (Phi) is 6.04. The Morgan fingerprint density at radius 3 is 3.00 bits per heavy atom. The van der Waals surface area contributed by atoms with Crippen LogP contribution in [0.15, 0.2) is 24.3 Å². The summed E-state index contributed by atoms with van der Waals surface area (Å²) in [4.78, 5) is 19.9. The number of piperidine rings is 1. The van der Waals surface area contributed by atoms with Crippen LogP contribution < -0.4 is 5.32 Å². The van der Waals surface area contributed by atoms with Gasteiger partial charge in [-0.3, -0.25) is 9.63 Å². The summed E-state index contributed by atoms with van der Waals surface area (Å²) < 4.78 is 13.3. The predicted molar refractivity (Wildman–Crippen MR) is 91.0 cm³/mol. The molecule has 0 spiro atoms. The van der Waals surface area contributed by atoms with Gasteiger partial charge >= 0.3 is 0 Å². The number of hydrogen-bond donors (Lipinski definition) is 1. The first-order chi connectivity index (χ1) is 11.7. The first-order valence-electron chi connectivity index (χ1n) is 8.88. The number of carbonyl (C=O) groups excluding carboxylic acids is 1. The van der Waals surface area contributed by atoms with Crippen LogP contribution in [-0.4, -0.2) is 54.7 Å². The molecule has 24 heavy (non-hydrogen) atoms. The smallest absolute Gasteiger partial charge is 0.224 e. The normalized spacial score (nSPS) is 22.4. The lowest BCUT2D eigenvalue weighted by molar-refractivity contribution is -0.182. The number of carbonyl (C=O) groups is 1. The highest BCUT2D eigenvalue weighted by Crippen LogP contribution is 2.18. The minimum atomic E-state index is -0.245. The van der Waals surface area contributed by atoms with E-state index in [2.05, 4.69) is 5.32 Å². The van der Waals surface area contributed by atoms with Crippen LogP contribution in [-0.2, 0) is 9.63 Å². The molecule has 2 aliphatic rings. The number of nitrogens with one attached hydrogen (secondary N) is 1. The van der Waals surface area contributed by atoms with Gasteiger partial charge in [0.15, 0.2) is 0 Å². The van der Waals surface area contributed by atoms with E-state index in [1.807, 2.05) is 16.0 Å². The van der Waals surface area contributed by atoms with E-state index < -0.39 is 0 Å². The van der Waals surface area contributed by atoms with Gasteiger partial charge in [-0.25, -0.2) is 4.39 Å². The Balaban J connectivity index is 1.46. The van der Waals surface area contributed by atoms with Crippen molar-refractivity contribution in [2.75, 3.05) is 38.1 Å². The summed E-state index contributed by atoms with van der Waals surface area (Å²) in [7, 11) is 0. The summed E-state index contributed by atoms with van der Waals surface area (Å²) in [6.45, 7) is 3.82. The maximum absolute atomic E-state index is 13.3. The standard InChI is InChI=1S/C18H26FN3O2/c19-15-5-3-6-16(13-15)20-17-7-4-9-21(14-17)18(23)8-11-22-10-1-2-12-24-22/h3,5-6,13,17,20H,1-2,4,7-12,14H2/t17-/m0/s1. The van der Waals surface area contributed by atoms with Crippen LogP contribution in [0.3, 0.4) is 0 Å². The molecule has 0 saturated carbocycles. The first kappa shape index (κ1) is 17.2. The van der Waals surface area contributed by atoms with Crippen LogP contribution in [0, 0.1) is 5.82 Å². The van der Waals surface area contributed by atoms with Gasteiger partial charge in [0.25, 0.3) is 0 Å². The summed E-state index contributed by atoms with van der Waals surface area (Å²) in [6, 6.07) is 6.66. The first-order valence-corrected chi connectivity index (χ1v) is 8.88. The molecule has 1 atom stereocenters. The molecule has 2 fully saturated rings. The van der Waals surface area contributed by atoms with Crippen LogP contribution in [0.4, 0.5) is 10.1 Å². The average Bonchev–Trinajstić information content (AvgIpc) is 2.61. The summed E-state index contributed by atoms with van der Waals surface area (Å²) in [5, 5.41) is 5.25. The summed E-state index contributed by atoms with van der Waals surface area (Å²) >= 11 is 0. The van der Waals surface area contributed by atoms with Gasteiger partial charge < -0.3 is 10.2 Å². The van der Waals surface area contributed by atoms with Gasteiger partial charge in [-0.05, 0) is 43.9 Å². The SMILES string of the molecule is O=C(CCN1CCCCO1)N1CCC[C@H](Nc2cccc(F)c2)C1. The molecule has 1 amide bonds. The topological polar surface area (TPSA) is 44.8 Å². The molecule has 0 aromatic heterocycles. The van der Waals surface area contributed by atoms with Crippen LogP contribution in [0.25, 0.3) is 0 Å². The quantitative estimate of drug-likeness (QED) is 0.898. The highest BCUT2D eigenvalue weighted by atomic mass is 19.1. The molecule has 2 saturated heterocycles. The van der Waals surface area contributed by atoms with E-state index >= 15 is 0 Å². The van der Waals surface area contributed by atoms with E-state index in [-0.39, 0.29) is 17.8 Å². The number of likely N-dealkylation sites (tertiary alicyclic amines) is 1. The molecule has 6 heteroatoms. The molecule has 3 rings (SSSR count). The van der Waals surface area contributed by atoms with E-state index in [1.165, 1.54) is 12.1 Å². The summed E-state index contributed by atoms with van der Waals surface area (Å²) in [5.74, 6) is -0.0693. The number of benzene rings is 1. The molecule has 1 N–H and O–H groups in total. The van der Waals surface area contributed by atoms with E-state index in [1.54, 1.807) is 6.07 Å².